The predicted molar refractivity (Wildman–Crippen MR) is 245 cm³/mol. The molecule has 0 aromatic heterocycles. The highest BCUT2D eigenvalue weighted by atomic mass is 16.5. The minimum absolute atomic E-state index is 0.0334. The summed E-state index contributed by atoms with van der Waals surface area (Å²) in [4.78, 5) is 51.4. The zero-order valence-corrected chi connectivity index (χ0v) is 37.4. The van der Waals surface area contributed by atoms with Crippen LogP contribution in [0.2, 0.25) is 0 Å². The quantitative estimate of drug-likeness (QED) is 0.0806. The van der Waals surface area contributed by atoms with Crippen LogP contribution in [0.1, 0.15) is 77.9 Å². The number of phenols is 2. The Labute approximate surface area is 383 Å². The van der Waals surface area contributed by atoms with Gasteiger partial charge in [-0.3, -0.25) is 19.2 Å². The van der Waals surface area contributed by atoms with Crippen LogP contribution in [0.5, 0.6) is 23.0 Å². The van der Waals surface area contributed by atoms with Gasteiger partial charge < -0.3 is 38.6 Å². The van der Waals surface area contributed by atoms with Crippen molar-refractivity contribution in [1.29, 1.82) is 0 Å². The molecule has 0 aliphatic heterocycles. The molecule has 1 aliphatic rings. The molecule has 0 saturated heterocycles. The Bertz CT molecular complexity index is 2460. The Kier molecular flexibility index (Phi) is 15.0. The summed E-state index contributed by atoms with van der Waals surface area (Å²) in [6.07, 6.45) is 0.0134. The topological polar surface area (TPSA) is 164 Å². The molecule has 66 heavy (non-hydrogen) atoms. The molecule has 0 fully saturated rings. The zero-order chi connectivity index (χ0) is 46.7. The third kappa shape index (κ3) is 11.6. The number of phenolic OH excluding ortho intramolecular Hbond substituents is 2. The van der Waals surface area contributed by atoms with Crippen LogP contribution in [0.25, 0.3) is 0 Å². The van der Waals surface area contributed by atoms with Gasteiger partial charge in [0, 0.05) is 25.7 Å². The van der Waals surface area contributed by atoms with Crippen LogP contribution in [0.15, 0.2) is 109 Å². The minimum Gasteiger partial charge on any atom is -0.507 e. The summed E-state index contributed by atoms with van der Waals surface area (Å²) in [5, 5.41) is 24.8. The molecular formula is C54H52O12. The lowest BCUT2D eigenvalue weighted by Gasteiger charge is -2.23. The van der Waals surface area contributed by atoms with Gasteiger partial charge in [0.1, 0.15) is 36.2 Å². The van der Waals surface area contributed by atoms with Gasteiger partial charge in [-0.2, -0.15) is 0 Å². The first-order chi connectivity index (χ1) is 31.9. The number of fused-ring (bicyclic) bond motifs is 8. The standard InChI is InChI=1S/C54H52O12/c1-61-47(55)23-35-15-39-27-43-19-37(25-49(57)63-3)21-45(53(43)65-31-33-11-7-5-8-12-33)29-41-17-36(24-48(56)62-2)18-42(52(41)60)30-46-22-38(26-50(58)64-4)20-44(28-40(16-35)51(39)59)54(46)66-32-34-13-9-6-10-14-34/h5-22,59-60H,23-32H2,1-4H3. The normalized spacial score (nSPS) is 11.8. The molecule has 0 saturated carbocycles. The number of benzene rings is 6. The van der Waals surface area contributed by atoms with Crippen molar-refractivity contribution in [3.63, 3.8) is 0 Å². The fourth-order valence-electron chi connectivity index (χ4n) is 8.40. The number of rotatable bonds is 14. The van der Waals surface area contributed by atoms with Crippen molar-refractivity contribution < 1.29 is 57.8 Å². The number of ether oxygens (including phenoxy) is 6. The highest BCUT2D eigenvalue weighted by Gasteiger charge is 2.25. The van der Waals surface area contributed by atoms with E-state index in [0.29, 0.717) is 78.3 Å². The molecule has 0 unspecified atom stereocenters. The second kappa shape index (κ2) is 21.4. The van der Waals surface area contributed by atoms with E-state index in [2.05, 4.69) is 0 Å². The van der Waals surface area contributed by atoms with Crippen LogP contribution >= 0.6 is 0 Å². The van der Waals surface area contributed by atoms with Crippen molar-refractivity contribution in [1.82, 2.24) is 0 Å². The highest BCUT2D eigenvalue weighted by molar-refractivity contribution is 5.75. The second-order valence-corrected chi connectivity index (χ2v) is 16.3. The Morgan fingerprint density at radius 1 is 0.379 bits per heavy atom. The van der Waals surface area contributed by atoms with Crippen molar-refractivity contribution in [2.45, 2.75) is 64.6 Å². The first-order valence-corrected chi connectivity index (χ1v) is 21.5. The molecule has 6 aromatic carbocycles. The number of hydrogen-bond donors (Lipinski definition) is 2. The van der Waals surface area contributed by atoms with Crippen molar-refractivity contribution in [2.75, 3.05) is 28.4 Å². The molecule has 0 radical (unpaired) electrons. The van der Waals surface area contributed by atoms with Crippen molar-refractivity contribution in [3.8, 4) is 23.0 Å². The molecule has 12 heteroatoms. The van der Waals surface area contributed by atoms with Crippen molar-refractivity contribution in [2.24, 2.45) is 0 Å². The number of esters is 4. The van der Waals surface area contributed by atoms with Crippen molar-refractivity contribution in [3.05, 3.63) is 187 Å². The van der Waals surface area contributed by atoms with E-state index in [4.69, 9.17) is 28.4 Å². The smallest absolute Gasteiger partial charge is 0.309 e. The lowest BCUT2D eigenvalue weighted by atomic mass is 9.87. The SMILES string of the molecule is COC(=O)Cc1cc2c(O)c(c1)Cc1cc(CC(=O)OC)cc(c1OCc1ccccc1)Cc1cc(CC(=O)OC)cc(c1O)Cc1cc(CC(=O)OC)cc(c1OCc1ccccc1)C2. The van der Waals surface area contributed by atoms with E-state index < -0.39 is 23.9 Å². The zero-order valence-electron chi connectivity index (χ0n) is 37.4. The number of carbonyl (C=O) groups excluding carboxylic acids is 4. The van der Waals surface area contributed by atoms with Gasteiger partial charge in [0.2, 0.25) is 0 Å². The van der Waals surface area contributed by atoms with Crippen LogP contribution in [0.3, 0.4) is 0 Å². The molecule has 0 heterocycles. The van der Waals surface area contributed by atoms with Gasteiger partial charge in [0.25, 0.3) is 0 Å². The fourth-order valence-corrected chi connectivity index (χ4v) is 8.40. The first-order valence-electron chi connectivity index (χ1n) is 21.5. The van der Waals surface area contributed by atoms with E-state index >= 15 is 0 Å². The van der Waals surface area contributed by atoms with Crippen LogP contribution in [0, 0.1) is 0 Å². The largest absolute Gasteiger partial charge is 0.507 e. The molecule has 0 atom stereocenters. The molecule has 340 valence electrons. The van der Waals surface area contributed by atoms with Crippen LogP contribution in [0.4, 0.5) is 0 Å². The third-order valence-corrected chi connectivity index (χ3v) is 11.5. The summed E-state index contributed by atoms with van der Waals surface area (Å²) < 4.78 is 33.8. The van der Waals surface area contributed by atoms with Crippen LogP contribution < -0.4 is 9.47 Å². The lowest BCUT2D eigenvalue weighted by Crippen LogP contribution is -2.11. The Morgan fingerprint density at radius 3 is 0.864 bits per heavy atom. The summed E-state index contributed by atoms with van der Waals surface area (Å²) in [5.41, 5.74) is 8.48. The van der Waals surface area contributed by atoms with Gasteiger partial charge in [0.05, 0.1) is 54.1 Å². The number of hydrogen-bond acceptors (Lipinski definition) is 12. The maximum atomic E-state index is 12.9. The molecule has 0 amide bonds. The molecule has 2 N–H and O–H groups in total. The van der Waals surface area contributed by atoms with E-state index in [9.17, 15) is 29.4 Å². The summed E-state index contributed by atoms with van der Waals surface area (Å²) in [7, 11) is 5.26. The molecular weight excluding hydrogens is 841 g/mol. The average molecular weight is 893 g/mol. The van der Waals surface area contributed by atoms with E-state index in [0.717, 1.165) is 11.1 Å². The van der Waals surface area contributed by atoms with E-state index in [-0.39, 0.29) is 76.1 Å². The van der Waals surface area contributed by atoms with Gasteiger partial charge in [-0.15, -0.1) is 0 Å². The fraction of sp³-hybridized carbons (Fsp3) is 0.259. The van der Waals surface area contributed by atoms with Crippen LogP contribution in [-0.4, -0.2) is 62.5 Å². The summed E-state index contributed by atoms with van der Waals surface area (Å²) >= 11 is 0. The van der Waals surface area contributed by atoms with E-state index in [1.54, 1.807) is 24.3 Å². The molecule has 7 rings (SSSR count). The maximum absolute atomic E-state index is 12.9. The summed E-state index contributed by atoms with van der Waals surface area (Å²) in [5.74, 6) is -1.03. The third-order valence-electron chi connectivity index (χ3n) is 11.5. The molecule has 6 aromatic rings. The summed E-state index contributed by atoms with van der Waals surface area (Å²) in [6.45, 7) is 0.343. The van der Waals surface area contributed by atoms with E-state index in [1.807, 2.05) is 84.9 Å². The molecule has 0 spiro atoms. The molecule has 1 aliphatic carbocycles. The van der Waals surface area contributed by atoms with E-state index in [1.165, 1.54) is 28.4 Å². The van der Waals surface area contributed by atoms with Gasteiger partial charge >= 0.3 is 23.9 Å². The maximum Gasteiger partial charge on any atom is 0.309 e. The molecule has 12 nitrogen and oxygen atoms in total. The number of methoxy groups -OCH3 is 4. The number of aromatic hydroxyl groups is 2. The van der Waals surface area contributed by atoms with Gasteiger partial charge in [-0.25, -0.2) is 0 Å². The molecule has 8 bridgehead atoms. The minimum atomic E-state index is -0.476. The highest BCUT2D eigenvalue weighted by Crippen LogP contribution is 2.41. The lowest BCUT2D eigenvalue weighted by molar-refractivity contribution is -0.140. The summed E-state index contributed by atoms with van der Waals surface area (Å²) in [6, 6.07) is 33.6. The number of carbonyl (C=O) groups is 4. The van der Waals surface area contributed by atoms with Gasteiger partial charge in [0.15, 0.2) is 0 Å². The Morgan fingerprint density at radius 2 is 0.621 bits per heavy atom. The van der Waals surface area contributed by atoms with Crippen molar-refractivity contribution >= 4 is 23.9 Å². The van der Waals surface area contributed by atoms with Crippen LogP contribution in [-0.2, 0) is 103 Å². The van der Waals surface area contributed by atoms with Gasteiger partial charge in [-0.1, -0.05) is 109 Å². The predicted octanol–water partition coefficient (Wildman–Crippen LogP) is 7.79. The Hall–Kier alpha value is -7.60. The first kappa shape index (κ1) is 46.4. The monoisotopic (exact) mass is 892 g/mol. The van der Waals surface area contributed by atoms with Gasteiger partial charge in [-0.05, 0) is 77.9 Å². The average Bonchev–Trinajstić information content (AvgIpc) is 3.31. The second-order valence-electron chi connectivity index (χ2n) is 16.3. The Balaban J connectivity index is 1.52.